The molecule has 1 unspecified atom stereocenters. The normalized spacial score (nSPS) is 12.1. The molecule has 0 radical (unpaired) electrons. The van der Waals surface area contributed by atoms with Gasteiger partial charge < -0.3 is 15.8 Å². The molecule has 0 saturated heterocycles. The molecule has 0 aliphatic carbocycles. The van der Waals surface area contributed by atoms with Gasteiger partial charge in [-0.05, 0) is 38.3 Å². The molecule has 1 aromatic carbocycles. The zero-order valence-corrected chi connectivity index (χ0v) is 12.2. The second kappa shape index (κ2) is 7.14. The number of benzene rings is 1. The summed E-state index contributed by atoms with van der Waals surface area (Å²) in [5.74, 6) is 0.908. The lowest BCUT2D eigenvalue weighted by molar-refractivity contribution is -0.121. The number of nitrogens with one attached hydrogen (secondary N) is 1. The van der Waals surface area contributed by atoms with Gasteiger partial charge in [0.15, 0.2) is 0 Å². The van der Waals surface area contributed by atoms with Gasteiger partial charge in [0, 0.05) is 19.0 Å². The summed E-state index contributed by atoms with van der Waals surface area (Å²) in [6.45, 7) is 6.52. The highest BCUT2D eigenvalue weighted by molar-refractivity contribution is 5.76. The summed E-state index contributed by atoms with van der Waals surface area (Å²) in [4.78, 5) is 11.5. The van der Waals surface area contributed by atoms with E-state index in [0.29, 0.717) is 13.0 Å². The van der Waals surface area contributed by atoms with Gasteiger partial charge in [-0.1, -0.05) is 17.7 Å². The number of aryl methyl sites for hydroxylation is 2. The summed E-state index contributed by atoms with van der Waals surface area (Å²) in [6.07, 6.45) is 1.13. The Balaban J connectivity index is 2.60. The Morgan fingerprint density at radius 1 is 1.42 bits per heavy atom. The Hall–Kier alpha value is -1.55. The van der Waals surface area contributed by atoms with Gasteiger partial charge in [0.25, 0.3) is 0 Å². The SMILES string of the molecule is COc1c(C)cc(C)cc1CCNC(=O)CC(C)N. The Kier molecular flexibility index (Phi) is 5.83. The van der Waals surface area contributed by atoms with Crippen molar-refractivity contribution in [1.29, 1.82) is 0 Å². The quantitative estimate of drug-likeness (QED) is 0.822. The molecule has 0 aliphatic heterocycles. The average Bonchev–Trinajstić information content (AvgIpc) is 2.27. The minimum Gasteiger partial charge on any atom is -0.496 e. The van der Waals surface area contributed by atoms with Crippen LogP contribution in [-0.2, 0) is 11.2 Å². The number of hydrogen-bond donors (Lipinski definition) is 2. The summed E-state index contributed by atoms with van der Waals surface area (Å²) in [5.41, 5.74) is 9.04. The van der Waals surface area contributed by atoms with E-state index < -0.39 is 0 Å². The van der Waals surface area contributed by atoms with Gasteiger partial charge in [-0.25, -0.2) is 0 Å². The molecule has 0 aliphatic rings. The second-order valence-corrected chi connectivity index (χ2v) is 5.06. The van der Waals surface area contributed by atoms with Crippen LogP contribution in [0.1, 0.15) is 30.0 Å². The minimum atomic E-state index is -0.101. The van der Waals surface area contributed by atoms with E-state index in [1.54, 1.807) is 7.11 Å². The highest BCUT2D eigenvalue weighted by Gasteiger charge is 2.09. The summed E-state index contributed by atoms with van der Waals surface area (Å²) in [5, 5.41) is 2.88. The van der Waals surface area contributed by atoms with Gasteiger partial charge in [0.05, 0.1) is 7.11 Å². The van der Waals surface area contributed by atoms with Crippen LogP contribution in [0.3, 0.4) is 0 Å². The van der Waals surface area contributed by atoms with Gasteiger partial charge >= 0.3 is 0 Å². The van der Waals surface area contributed by atoms with Crippen LogP contribution in [0.4, 0.5) is 0 Å². The topological polar surface area (TPSA) is 64.3 Å². The maximum atomic E-state index is 11.5. The van der Waals surface area contributed by atoms with E-state index in [0.717, 1.165) is 23.3 Å². The van der Waals surface area contributed by atoms with Crippen LogP contribution >= 0.6 is 0 Å². The van der Waals surface area contributed by atoms with E-state index in [9.17, 15) is 4.79 Å². The molecule has 1 amide bonds. The third-order valence-corrected chi connectivity index (χ3v) is 2.92. The lowest BCUT2D eigenvalue weighted by Crippen LogP contribution is -2.31. The molecule has 1 aromatic rings. The van der Waals surface area contributed by atoms with E-state index in [-0.39, 0.29) is 11.9 Å². The third-order valence-electron chi connectivity index (χ3n) is 2.92. The smallest absolute Gasteiger partial charge is 0.221 e. The summed E-state index contributed by atoms with van der Waals surface area (Å²) >= 11 is 0. The first-order valence-corrected chi connectivity index (χ1v) is 6.60. The van der Waals surface area contributed by atoms with E-state index in [2.05, 4.69) is 24.4 Å². The van der Waals surface area contributed by atoms with Crippen molar-refractivity contribution < 1.29 is 9.53 Å². The van der Waals surface area contributed by atoms with Crippen LogP contribution in [0, 0.1) is 13.8 Å². The molecule has 1 atom stereocenters. The van der Waals surface area contributed by atoms with E-state index >= 15 is 0 Å². The third kappa shape index (κ3) is 4.91. The maximum absolute atomic E-state index is 11.5. The predicted molar refractivity (Wildman–Crippen MR) is 77.4 cm³/mol. The monoisotopic (exact) mass is 264 g/mol. The lowest BCUT2D eigenvalue weighted by atomic mass is 10.0. The van der Waals surface area contributed by atoms with Crippen LogP contribution in [0.15, 0.2) is 12.1 Å². The van der Waals surface area contributed by atoms with Crippen molar-refractivity contribution in [3.05, 3.63) is 28.8 Å². The Morgan fingerprint density at radius 2 is 2.11 bits per heavy atom. The molecule has 19 heavy (non-hydrogen) atoms. The number of nitrogens with two attached hydrogens (primary N) is 1. The van der Waals surface area contributed by atoms with Gasteiger partial charge in [-0.15, -0.1) is 0 Å². The largest absolute Gasteiger partial charge is 0.496 e. The highest BCUT2D eigenvalue weighted by Crippen LogP contribution is 2.25. The van der Waals surface area contributed by atoms with Crippen molar-refractivity contribution in [2.45, 2.75) is 39.7 Å². The van der Waals surface area contributed by atoms with Gasteiger partial charge in [-0.3, -0.25) is 4.79 Å². The van der Waals surface area contributed by atoms with Crippen molar-refractivity contribution in [3.8, 4) is 5.75 Å². The number of ether oxygens (including phenoxy) is 1. The van der Waals surface area contributed by atoms with Gasteiger partial charge in [0.2, 0.25) is 5.91 Å². The van der Waals surface area contributed by atoms with Crippen molar-refractivity contribution in [1.82, 2.24) is 5.32 Å². The van der Waals surface area contributed by atoms with Crippen molar-refractivity contribution >= 4 is 5.91 Å². The summed E-state index contributed by atoms with van der Waals surface area (Å²) < 4.78 is 5.42. The van der Waals surface area contributed by atoms with Crippen LogP contribution in [-0.4, -0.2) is 25.6 Å². The van der Waals surface area contributed by atoms with Crippen LogP contribution < -0.4 is 15.8 Å². The molecular formula is C15H24N2O2. The fourth-order valence-electron chi connectivity index (χ4n) is 2.22. The second-order valence-electron chi connectivity index (χ2n) is 5.06. The molecular weight excluding hydrogens is 240 g/mol. The van der Waals surface area contributed by atoms with Gasteiger partial charge in [-0.2, -0.15) is 0 Å². The van der Waals surface area contributed by atoms with Crippen LogP contribution in [0.2, 0.25) is 0 Å². The maximum Gasteiger partial charge on any atom is 0.221 e. The van der Waals surface area contributed by atoms with E-state index in [1.807, 2.05) is 13.8 Å². The zero-order valence-electron chi connectivity index (χ0n) is 12.2. The van der Waals surface area contributed by atoms with E-state index in [4.69, 9.17) is 10.5 Å². The molecule has 0 spiro atoms. The number of amides is 1. The fourth-order valence-corrected chi connectivity index (χ4v) is 2.22. The summed E-state index contributed by atoms with van der Waals surface area (Å²) in [6, 6.07) is 4.09. The Bertz CT molecular complexity index is 442. The number of hydrogen-bond acceptors (Lipinski definition) is 3. The molecule has 4 nitrogen and oxygen atoms in total. The van der Waals surface area contributed by atoms with Crippen LogP contribution in [0.25, 0.3) is 0 Å². The lowest BCUT2D eigenvalue weighted by Gasteiger charge is -2.13. The van der Waals surface area contributed by atoms with Crippen molar-refractivity contribution in [2.75, 3.05) is 13.7 Å². The Labute approximate surface area is 115 Å². The first-order valence-electron chi connectivity index (χ1n) is 6.60. The van der Waals surface area contributed by atoms with Gasteiger partial charge in [0.1, 0.15) is 5.75 Å². The molecule has 3 N–H and O–H groups in total. The molecule has 0 bridgehead atoms. The molecule has 0 heterocycles. The minimum absolute atomic E-state index is 0.00154. The Morgan fingerprint density at radius 3 is 2.68 bits per heavy atom. The molecule has 1 rings (SSSR count). The number of rotatable bonds is 6. The van der Waals surface area contributed by atoms with Crippen LogP contribution in [0.5, 0.6) is 5.75 Å². The predicted octanol–water partition coefficient (Wildman–Crippen LogP) is 1.71. The first kappa shape index (κ1) is 15.5. The standard InChI is InChI=1S/C15H24N2O2/c1-10-7-11(2)15(19-4)13(8-10)5-6-17-14(18)9-12(3)16/h7-8,12H,5-6,9,16H2,1-4H3,(H,17,18). The molecule has 0 saturated carbocycles. The van der Waals surface area contributed by atoms with E-state index in [1.165, 1.54) is 5.56 Å². The van der Waals surface area contributed by atoms with Crippen molar-refractivity contribution in [3.63, 3.8) is 0 Å². The number of carbonyl (C=O) groups is 1. The number of carbonyl (C=O) groups excluding carboxylic acids is 1. The molecule has 106 valence electrons. The zero-order chi connectivity index (χ0) is 14.4. The molecule has 0 aromatic heterocycles. The van der Waals surface area contributed by atoms with Crippen molar-refractivity contribution in [2.24, 2.45) is 5.73 Å². The fraction of sp³-hybridized carbons (Fsp3) is 0.533. The molecule has 4 heteroatoms. The summed E-state index contributed by atoms with van der Waals surface area (Å²) in [7, 11) is 1.68. The first-order chi connectivity index (χ1) is 8.93. The molecule has 0 fully saturated rings. The average molecular weight is 264 g/mol. The highest BCUT2D eigenvalue weighted by atomic mass is 16.5. The number of methoxy groups -OCH3 is 1.